The number of alkyl halides is 3. The number of hydrogen-bond acceptors (Lipinski definition) is 1. The number of aromatic nitrogens is 3. The highest BCUT2D eigenvalue weighted by Gasteiger charge is 2.38. The zero-order valence-corrected chi connectivity index (χ0v) is 10.5. The van der Waals surface area contributed by atoms with Crippen molar-refractivity contribution in [1.29, 1.82) is 0 Å². The van der Waals surface area contributed by atoms with Gasteiger partial charge in [0.05, 0.1) is 16.7 Å². The molecule has 0 fully saturated rings. The lowest BCUT2D eigenvalue weighted by molar-refractivity contribution is -0.141. The predicted octanol–water partition coefficient (Wildman–Crippen LogP) is 3.41. The third-order valence-electron chi connectivity index (χ3n) is 3.34. The minimum absolute atomic E-state index is 0.208. The Hall–Kier alpha value is -1.98. The molecule has 0 unspecified atom stereocenters. The number of imidazole rings is 2. The molecule has 1 aromatic carbocycles. The van der Waals surface area contributed by atoms with Crippen molar-refractivity contribution in [2.75, 3.05) is 0 Å². The van der Waals surface area contributed by atoms with E-state index in [-0.39, 0.29) is 12.1 Å². The van der Waals surface area contributed by atoms with Crippen LogP contribution in [0.1, 0.15) is 18.3 Å². The summed E-state index contributed by atoms with van der Waals surface area (Å²) >= 11 is 0. The van der Waals surface area contributed by atoms with Gasteiger partial charge in [0, 0.05) is 7.05 Å². The Kier molecular flexibility index (Phi) is 2.39. The molecule has 2 aromatic heterocycles. The minimum atomic E-state index is -4.42. The quantitative estimate of drug-likeness (QED) is 0.662. The first-order valence-corrected chi connectivity index (χ1v) is 5.97. The van der Waals surface area contributed by atoms with Crippen LogP contribution in [0.5, 0.6) is 0 Å². The highest BCUT2D eigenvalue weighted by molar-refractivity contribution is 5.81. The number of para-hydroxylation sites is 2. The van der Waals surface area contributed by atoms with Gasteiger partial charge < -0.3 is 4.57 Å². The van der Waals surface area contributed by atoms with E-state index in [0.717, 1.165) is 11.0 Å². The zero-order chi connectivity index (χ0) is 13.8. The molecular weight excluding hydrogens is 255 g/mol. The summed E-state index contributed by atoms with van der Waals surface area (Å²) in [5.74, 6) is 0.324. The molecule has 0 aliphatic carbocycles. The van der Waals surface area contributed by atoms with Gasteiger partial charge in [-0.15, -0.1) is 0 Å². The molecular formula is C13H12F3N3. The molecule has 6 heteroatoms. The number of aryl methyl sites for hydroxylation is 2. The van der Waals surface area contributed by atoms with E-state index in [4.69, 9.17) is 0 Å². The van der Waals surface area contributed by atoms with Crippen LogP contribution in [0, 0.1) is 0 Å². The smallest absolute Gasteiger partial charge is 0.313 e. The van der Waals surface area contributed by atoms with Crippen molar-refractivity contribution in [3.05, 3.63) is 35.7 Å². The van der Waals surface area contributed by atoms with Crippen molar-refractivity contribution in [3.63, 3.8) is 0 Å². The first kappa shape index (κ1) is 12.1. The van der Waals surface area contributed by atoms with E-state index in [1.54, 1.807) is 22.9 Å². The largest absolute Gasteiger partial charge is 0.435 e. The molecule has 0 saturated carbocycles. The summed E-state index contributed by atoms with van der Waals surface area (Å²) in [6.45, 7) is 1.71. The van der Waals surface area contributed by atoms with Crippen LogP contribution in [-0.4, -0.2) is 14.0 Å². The maximum Gasteiger partial charge on any atom is 0.435 e. The van der Waals surface area contributed by atoms with Crippen LogP contribution in [0.15, 0.2) is 24.3 Å². The highest BCUT2D eigenvalue weighted by Crippen LogP contribution is 2.34. The van der Waals surface area contributed by atoms with Crippen LogP contribution >= 0.6 is 0 Å². The molecule has 3 nitrogen and oxygen atoms in total. The van der Waals surface area contributed by atoms with E-state index in [9.17, 15) is 13.2 Å². The number of benzene rings is 1. The lowest BCUT2D eigenvalue weighted by Crippen LogP contribution is -2.09. The summed E-state index contributed by atoms with van der Waals surface area (Å²) in [5.41, 5.74) is 1.04. The average molecular weight is 267 g/mol. The number of rotatable bonds is 1. The normalized spacial score (nSPS) is 12.7. The van der Waals surface area contributed by atoms with Crippen molar-refractivity contribution in [2.45, 2.75) is 19.5 Å². The average Bonchev–Trinajstić information content (AvgIpc) is 2.87. The molecule has 0 bridgehead atoms. The second-order valence-corrected chi connectivity index (χ2v) is 4.44. The predicted molar refractivity (Wildman–Crippen MR) is 66.0 cm³/mol. The minimum Gasteiger partial charge on any atom is -0.313 e. The van der Waals surface area contributed by atoms with Crippen LogP contribution < -0.4 is 0 Å². The van der Waals surface area contributed by atoms with Gasteiger partial charge in [-0.1, -0.05) is 19.1 Å². The summed E-state index contributed by atoms with van der Waals surface area (Å²) < 4.78 is 42.3. The standard InChI is InChI=1S/C13H12F3N3/c1-3-8-11(13(14,15)16)17-12-18(2)9-6-4-5-7-10(9)19(8)12/h4-7H,3H2,1-2H3. The Balaban J connectivity index is 2.51. The van der Waals surface area contributed by atoms with Gasteiger partial charge >= 0.3 is 6.18 Å². The zero-order valence-electron chi connectivity index (χ0n) is 10.5. The van der Waals surface area contributed by atoms with Crippen LogP contribution in [0.4, 0.5) is 13.2 Å². The summed E-state index contributed by atoms with van der Waals surface area (Å²) in [5, 5.41) is 0. The monoisotopic (exact) mass is 267 g/mol. The maximum absolute atomic E-state index is 13.0. The van der Waals surface area contributed by atoms with Gasteiger partial charge in [-0.3, -0.25) is 4.40 Å². The van der Waals surface area contributed by atoms with E-state index in [1.165, 1.54) is 0 Å². The van der Waals surface area contributed by atoms with Crippen LogP contribution in [-0.2, 0) is 19.6 Å². The first-order valence-electron chi connectivity index (χ1n) is 5.97. The van der Waals surface area contributed by atoms with Crippen LogP contribution in [0.2, 0.25) is 0 Å². The summed E-state index contributed by atoms with van der Waals surface area (Å²) in [6.07, 6.45) is -4.14. The number of fused-ring (bicyclic) bond motifs is 3. The van der Waals surface area contributed by atoms with E-state index < -0.39 is 11.9 Å². The van der Waals surface area contributed by atoms with Crippen molar-refractivity contribution in [3.8, 4) is 0 Å². The highest BCUT2D eigenvalue weighted by atomic mass is 19.4. The maximum atomic E-state index is 13.0. The molecule has 3 rings (SSSR count). The molecule has 0 aliphatic heterocycles. The van der Waals surface area contributed by atoms with Gasteiger partial charge in [-0.25, -0.2) is 4.98 Å². The first-order chi connectivity index (χ1) is 8.95. The molecule has 0 aliphatic rings. The van der Waals surface area contributed by atoms with Gasteiger partial charge in [0.25, 0.3) is 0 Å². The topological polar surface area (TPSA) is 22.2 Å². The van der Waals surface area contributed by atoms with E-state index in [2.05, 4.69) is 4.98 Å². The third kappa shape index (κ3) is 1.55. The van der Waals surface area contributed by atoms with Crippen LogP contribution in [0.3, 0.4) is 0 Å². The van der Waals surface area contributed by atoms with E-state index in [0.29, 0.717) is 5.78 Å². The second kappa shape index (κ2) is 3.76. The third-order valence-corrected chi connectivity index (χ3v) is 3.34. The molecule has 0 spiro atoms. The van der Waals surface area contributed by atoms with E-state index >= 15 is 0 Å². The molecule has 100 valence electrons. The Morgan fingerprint density at radius 3 is 2.37 bits per heavy atom. The molecule has 0 atom stereocenters. The van der Waals surface area contributed by atoms with Gasteiger partial charge in [-0.05, 0) is 18.6 Å². The Bertz CT molecular complexity index is 765. The number of nitrogens with zero attached hydrogens (tertiary/aromatic N) is 3. The molecule has 2 heterocycles. The molecule has 0 saturated heterocycles. The van der Waals surface area contributed by atoms with Gasteiger partial charge in [0.15, 0.2) is 5.69 Å². The fraction of sp³-hybridized carbons (Fsp3) is 0.308. The Morgan fingerprint density at radius 1 is 1.16 bits per heavy atom. The van der Waals surface area contributed by atoms with Gasteiger partial charge in [0.2, 0.25) is 5.78 Å². The number of hydrogen-bond donors (Lipinski definition) is 0. The van der Waals surface area contributed by atoms with E-state index in [1.807, 2.05) is 24.3 Å². The Labute approximate surface area is 107 Å². The van der Waals surface area contributed by atoms with Gasteiger partial charge in [0.1, 0.15) is 0 Å². The summed E-state index contributed by atoms with van der Waals surface area (Å²) in [4.78, 5) is 3.79. The summed E-state index contributed by atoms with van der Waals surface area (Å²) in [6, 6.07) is 7.35. The Morgan fingerprint density at radius 2 is 1.79 bits per heavy atom. The SMILES string of the molecule is CCc1c(C(F)(F)F)nc2n(C)c3ccccc3n12. The van der Waals surface area contributed by atoms with Crippen molar-refractivity contribution >= 4 is 16.8 Å². The fourth-order valence-corrected chi connectivity index (χ4v) is 2.52. The van der Waals surface area contributed by atoms with Crippen molar-refractivity contribution in [1.82, 2.24) is 14.0 Å². The molecule has 0 amide bonds. The van der Waals surface area contributed by atoms with Crippen LogP contribution in [0.25, 0.3) is 16.8 Å². The van der Waals surface area contributed by atoms with Gasteiger partial charge in [-0.2, -0.15) is 13.2 Å². The molecule has 0 N–H and O–H groups in total. The molecule has 0 radical (unpaired) electrons. The van der Waals surface area contributed by atoms with Crippen molar-refractivity contribution < 1.29 is 13.2 Å². The second-order valence-electron chi connectivity index (χ2n) is 4.44. The summed E-state index contributed by atoms with van der Waals surface area (Å²) in [7, 11) is 1.73. The lowest BCUT2D eigenvalue weighted by atomic mass is 10.2. The molecule has 19 heavy (non-hydrogen) atoms. The molecule has 3 aromatic rings. The van der Waals surface area contributed by atoms with Crippen molar-refractivity contribution in [2.24, 2.45) is 7.05 Å². The number of halogens is 3. The fourth-order valence-electron chi connectivity index (χ4n) is 2.52. The lowest BCUT2D eigenvalue weighted by Gasteiger charge is -2.05.